The van der Waals surface area contributed by atoms with Gasteiger partial charge in [0.05, 0.1) is 18.9 Å². The summed E-state index contributed by atoms with van der Waals surface area (Å²) in [5.41, 5.74) is 1.58. The van der Waals surface area contributed by atoms with Crippen LogP contribution in [0.3, 0.4) is 0 Å². The topological polar surface area (TPSA) is 88.0 Å². The van der Waals surface area contributed by atoms with Gasteiger partial charge in [0.15, 0.2) is 0 Å². The number of nitrogens with zero attached hydrogens (tertiary/aromatic N) is 2. The molecule has 0 aliphatic carbocycles. The fraction of sp³-hybridized carbons (Fsp3) is 0.190. The van der Waals surface area contributed by atoms with Gasteiger partial charge in [-0.1, -0.05) is 24.3 Å². The average molecular weight is 361 g/mol. The van der Waals surface area contributed by atoms with Crippen LogP contribution in [0.5, 0.6) is 11.5 Å². The first-order valence-corrected chi connectivity index (χ1v) is 8.68. The summed E-state index contributed by atoms with van der Waals surface area (Å²) in [5.74, 6) is 1.25. The van der Waals surface area contributed by atoms with Crippen molar-refractivity contribution in [3.05, 3.63) is 64.6 Å². The normalized spacial score (nSPS) is 10.3. The molecule has 0 fully saturated rings. The van der Waals surface area contributed by atoms with E-state index >= 15 is 0 Å². The van der Waals surface area contributed by atoms with Gasteiger partial charge in [-0.2, -0.15) is 5.26 Å². The van der Waals surface area contributed by atoms with Crippen LogP contribution in [0.2, 0.25) is 0 Å². The monoisotopic (exact) mass is 361 g/mol. The molecule has 3 rings (SSSR count). The zero-order chi connectivity index (χ0) is 19.2. The van der Waals surface area contributed by atoms with Gasteiger partial charge in [-0.25, -0.2) is 4.98 Å². The summed E-state index contributed by atoms with van der Waals surface area (Å²) in [6, 6.07) is 16.6. The second-order valence-corrected chi connectivity index (χ2v) is 5.61. The number of ether oxygens (including phenoxy) is 2. The third kappa shape index (κ3) is 3.67. The molecule has 0 spiro atoms. The SMILES string of the molecule is CCOc1ccccc1-c1nc(C#N)c(=O)[nH]c1-c1ccccc1OCC. The van der Waals surface area contributed by atoms with Gasteiger partial charge in [0.1, 0.15) is 23.3 Å². The molecule has 0 radical (unpaired) electrons. The number of rotatable bonds is 6. The summed E-state index contributed by atoms with van der Waals surface area (Å²) in [7, 11) is 0. The van der Waals surface area contributed by atoms with Crippen molar-refractivity contribution < 1.29 is 9.47 Å². The number of H-pyrrole nitrogens is 1. The van der Waals surface area contributed by atoms with Gasteiger partial charge in [-0.3, -0.25) is 4.79 Å². The van der Waals surface area contributed by atoms with E-state index in [1.807, 2.05) is 68.4 Å². The Morgan fingerprint density at radius 3 is 2.11 bits per heavy atom. The summed E-state index contributed by atoms with van der Waals surface area (Å²) in [6.07, 6.45) is 0. The maximum absolute atomic E-state index is 12.3. The zero-order valence-electron chi connectivity index (χ0n) is 15.2. The van der Waals surface area contributed by atoms with Crippen LogP contribution in [0.1, 0.15) is 19.5 Å². The first kappa shape index (κ1) is 18.2. The van der Waals surface area contributed by atoms with Crippen LogP contribution in [0.4, 0.5) is 0 Å². The van der Waals surface area contributed by atoms with Crippen molar-refractivity contribution in [1.29, 1.82) is 5.26 Å². The molecule has 0 saturated carbocycles. The van der Waals surface area contributed by atoms with Crippen LogP contribution < -0.4 is 15.0 Å². The van der Waals surface area contributed by atoms with E-state index in [0.29, 0.717) is 47.2 Å². The number of hydrogen-bond acceptors (Lipinski definition) is 5. The Morgan fingerprint density at radius 1 is 0.963 bits per heavy atom. The Hall–Kier alpha value is -3.59. The number of hydrogen-bond donors (Lipinski definition) is 1. The van der Waals surface area contributed by atoms with E-state index in [0.717, 1.165) is 0 Å². The number of nitriles is 1. The molecule has 0 saturated heterocycles. The third-order valence-corrected chi connectivity index (χ3v) is 3.92. The molecule has 1 N–H and O–H groups in total. The number of aromatic nitrogens is 2. The molecule has 27 heavy (non-hydrogen) atoms. The van der Waals surface area contributed by atoms with Crippen LogP contribution in [0.25, 0.3) is 22.5 Å². The second-order valence-electron chi connectivity index (χ2n) is 5.61. The van der Waals surface area contributed by atoms with E-state index in [2.05, 4.69) is 9.97 Å². The summed E-state index contributed by atoms with van der Waals surface area (Å²) < 4.78 is 11.4. The lowest BCUT2D eigenvalue weighted by atomic mass is 10.0. The van der Waals surface area contributed by atoms with Gasteiger partial charge >= 0.3 is 0 Å². The van der Waals surface area contributed by atoms with Crippen molar-refractivity contribution in [3.8, 4) is 40.1 Å². The van der Waals surface area contributed by atoms with E-state index in [9.17, 15) is 10.1 Å². The van der Waals surface area contributed by atoms with Gasteiger partial charge in [-0.15, -0.1) is 0 Å². The number of para-hydroxylation sites is 2. The van der Waals surface area contributed by atoms with E-state index < -0.39 is 5.56 Å². The molecular formula is C21H19N3O3. The zero-order valence-corrected chi connectivity index (χ0v) is 15.2. The smallest absolute Gasteiger partial charge is 0.285 e. The van der Waals surface area contributed by atoms with Gasteiger partial charge < -0.3 is 14.5 Å². The highest BCUT2D eigenvalue weighted by Gasteiger charge is 2.19. The predicted octanol–water partition coefficient (Wildman–Crippen LogP) is 3.77. The van der Waals surface area contributed by atoms with Crippen molar-refractivity contribution in [2.45, 2.75) is 13.8 Å². The van der Waals surface area contributed by atoms with Crippen molar-refractivity contribution in [3.63, 3.8) is 0 Å². The van der Waals surface area contributed by atoms with Crippen LogP contribution in [-0.2, 0) is 0 Å². The van der Waals surface area contributed by atoms with Crippen molar-refractivity contribution in [2.75, 3.05) is 13.2 Å². The minimum Gasteiger partial charge on any atom is -0.493 e. The summed E-state index contributed by atoms with van der Waals surface area (Å²) in [4.78, 5) is 19.4. The molecule has 0 aliphatic rings. The highest BCUT2D eigenvalue weighted by atomic mass is 16.5. The highest BCUT2D eigenvalue weighted by Crippen LogP contribution is 2.37. The average Bonchev–Trinajstić information content (AvgIpc) is 2.69. The van der Waals surface area contributed by atoms with Crippen LogP contribution >= 0.6 is 0 Å². The maximum Gasteiger partial charge on any atom is 0.285 e. The molecule has 0 aliphatic heterocycles. The molecule has 0 amide bonds. The number of benzene rings is 2. The first-order valence-electron chi connectivity index (χ1n) is 8.68. The molecule has 6 heteroatoms. The minimum atomic E-state index is -0.545. The predicted molar refractivity (Wildman–Crippen MR) is 103 cm³/mol. The molecule has 0 unspecified atom stereocenters. The molecule has 6 nitrogen and oxygen atoms in total. The van der Waals surface area contributed by atoms with Gasteiger partial charge in [-0.05, 0) is 38.1 Å². The van der Waals surface area contributed by atoms with E-state index in [1.54, 1.807) is 0 Å². The number of aromatic amines is 1. The lowest BCUT2D eigenvalue weighted by molar-refractivity contribution is 0.341. The Labute approximate surface area is 157 Å². The fourth-order valence-electron chi connectivity index (χ4n) is 2.81. The van der Waals surface area contributed by atoms with Crippen LogP contribution in [-0.4, -0.2) is 23.2 Å². The first-order chi connectivity index (χ1) is 13.2. The van der Waals surface area contributed by atoms with Crippen molar-refractivity contribution in [2.24, 2.45) is 0 Å². The summed E-state index contributed by atoms with van der Waals surface area (Å²) >= 11 is 0. The molecular weight excluding hydrogens is 342 g/mol. The molecule has 0 bridgehead atoms. The van der Waals surface area contributed by atoms with Crippen molar-refractivity contribution in [1.82, 2.24) is 9.97 Å². The van der Waals surface area contributed by atoms with E-state index in [4.69, 9.17) is 9.47 Å². The third-order valence-electron chi connectivity index (χ3n) is 3.92. The molecule has 1 aromatic heterocycles. The number of nitrogens with one attached hydrogen (secondary N) is 1. The van der Waals surface area contributed by atoms with Gasteiger partial charge in [0.25, 0.3) is 5.56 Å². The molecule has 136 valence electrons. The van der Waals surface area contributed by atoms with Gasteiger partial charge in [0, 0.05) is 11.1 Å². The van der Waals surface area contributed by atoms with E-state index in [1.165, 1.54) is 0 Å². The highest BCUT2D eigenvalue weighted by molar-refractivity contribution is 5.83. The van der Waals surface area contributed by atoms with Gasteiger partial charge in [0.2, 0.25) is 5.69 Å². The van der Waals surface area contributed by atoms with Crippen LogP contribution in [0.15, 0.2) is 53.3 Å². The summed E-state index contributed by atoms with van der Waals surface area (Å²) in [5, 5.41) is 9.27. The minimum absolute atomic E-state index is 0.200. The molecule has 1 heterocycles. The molecule has 0 atom stereocenters. The molecule has 2 aromatic carbocycles. The van der Waals surface area contributed by atoms with Crippen molar-refractivity contribution >= 4 is 0 Å². The largest absolute Gasteiger partial charge is 0.493 e. The van der Waals surface area contributed by atoms with E-state index in [-0.39, 0.29) is 5.69 Å². The Bertz CT molecular complexity index is 1050. The molecule has 3 aromatic rings. The lowest BCUT2D eigenvalue weighted by Crippen LogP contribution is -2.15. The Kier molecular flexibility index (Phi) is 5.53. The lowest BCUT2D eigenvalue weighted by Gasteiger charge is -2.15. The maximum atomic E-state index is 12.3. The Balaban J connectivity index is 2.33. The second kappa shape index (κ2) is 8.19. The fourth-order valence-corrected chi connectivity index (χ4v) is 2.81. The Morgan fingerprint density at radius 2 is 1.52 bits per heavy atom. The van der Waals surface area contributed by atoms with Crippen LogP contribution in [0, 0.1) is 11.3 Å². The quantitative estimate of drug-likeness (QED) is 0.722. The summed E-state index contributed by atoms with van der Waals surface area (Å²) in [6.45, 7) is 4.75. The standard InChI is InChI=1S/C21H19N3O3/c1-3-26-17-11-7-5-9-14(17)19-20(24-21(25)16(13-22)23-19)15-10-6-8-12-18(15)27-4-2/h5-12H,3-4H2,1-2H3,(H,24,25).